The highest BCUT2D eigenvalue weighted by atomic mass is 19.1. The zero-order valence-corrected chi connectivity index (χ0v) is 19.1. The van der Waals surface area contributed by atoms with Gasteiger partial charge in [-0.1, -0.05) is 54.8 Å². The minimum absolute atomic E-state index is 0.233. The van der Waals surface area contributed by atoms with E-state index in [1.807, 2.05) is 37.3 Å². The Morgan fingerprint density at radius 1 is 1.00 bits per heavy atom. The lowest BCUT2D eigenvalue weighted by Crippen LogP contribution is -2.32. The summed E-state index contributed by atoms with van der Waals surface area (Å²) in [5.74, 6) is -0.138. The van der Waals surface area contributed by atoms with Gasteiger partial charge < -0.3 is 10.0 Å². The van der Waals surface area contributed by atoms with Crippen LogP contribution in [0.1, 0.15) is 49.8 Å². The first-order chi connectivity index (χ1) is 16.0. The van der Waals surface area contributed by atoms with Gasteiger partial charge in [0.2, 0.25) is 0 Å². The molecular formula is C27H30FN3O2. The monoisotopic (exact) mass is 447 g/mol. The molecule has 0 atom stereocenters. The third-order valence-corrected chi connectivity index (χ3v) is 6.11. The fourth-order valence-electron chi connectivity index (χ4n) is 4.33. The maximum Gasteiger partial charge on any atom is 0.303 e. The Labute approximate surface area is 194 Å². The number of rotatable bonds is 9. The standard InChI is InChI=1S/C27H30FN3O2/c1-19-13-15-20(16-14-19)25-26(21-9-5-6-10-22(21)28)29-23-11-8-18-31(27(23)30-25)17-7-3-2-4-12-24(32)33/h5-6,9-10,13-16H,2-4,7-8,11-12,17-18H2,1H3,(H,32,33). The van der Waals surface area contributed by atoms with E-state index in [0.29, 0.717) is 17.0 Å². The molecule has 1 aliphatic heterocycles. The topological polar surface area (TPSA) is 66.3 Å². The lowest BCUT2D eigenvalue weighted by molar-refractivity contribution is -0.137. The molecule has 1 aliphatic rings. The van der Waals surface area contributed by atoms with Crippen molar-refractivity contribution < 1.29 is 14.3 Å². The van der Waals surface area contributed by atoms with Crippen LogP contribution in [0.25, 0.3) is 22.5 Å². The molecule has 6 heteroatoms. The zero-order valence-electron chi connectivity index (χ0n) is 19.1. The molecule has 0 spiro atoms. The highest BCUT2D eigenvalue weighted by molar-refractivity contribution is 5.80. The molecule has 0 saturated carbocycles. The van der Waals surface area contributed by atoms with Crippen LogP contribution >= 0.6 is 0 Å². The third kappa shape index (κ3) is 5.56. The molecule has 0 radical (unpaired) electrons. The Hall–Kier alpha value is -3.28. The largest absolute Gasteiger partial charge is 0.481 e. The zero-order chi connectivity index (χ0) is 23.2. The van der Waals surface area contributed by atoms with Crippen LogP contribution in [0, 0.1) is 12.7 Å². The van der Waals surface area contributed by atoms with Gasteiger partial charge in [0.05, 0.1) is 17.1 Å². The Morgan fingerprint density at radius 2 is 1.76 bits per heavy atom. The van der Waals surface area contributed by atoms with Gasteiger partial charge >= 0.3 is 5.97 Å². The summed E-state index contributed by atoms with van der Waals surface area (Å²) in [6, 6.07) is 14.9. The second-order valence-corrected chi connectivity index (χ2v) is 8.69. The van der Waals surface area contributed by atoms with E-state index in [2.05, 4.69) is 4.90 Å². The lowest BCUT2D eigenvalue weighted by Gasteiger charge is -2.30. The van der Waals surface area contributed by atoms with Crippen molar-refractivity contribution in [1.29, 1.82) is 0 Å². The van der Waals surface area contributed by atoms with Gasteiger partial charge in [0.25, 0.3) is 0 Å². The number of halogens is 1. The first-order valence-electron chi connectivity index (χ1n) is 11.7. The lowest BCUT2D eigenvalue weighted by atomic mass is 10.0. The number of fused-ring (bicyclic) bond motifs is 1. The summed E-state index contributed by atoms with van der Waals surface area (Å²) < 4.78 is 14.7. The molecule has 3 aromatic rings. The number of aromatic nitrogens is 2. The van der Waals surface area contributed by atoms with Crippen molar-refractivity contribution >= 4 is 11.8 Å². The van der Waals surface area contributed by atoms with Crippen molar-refractivity contribution in [2.45, 2.75) is 51.9 Å². The van der Waals surface area contributed by atoms with E-state index in [-0.39, 0.29) is 12.2 Å². The van der Waals surface area contributed by atoms with Crippen LogP contribution in [0.3, 0.4) is 0 Å². The number of unbranched alkanes of at least 4 members (excludes halogenated alkanes) is 3. The van der Waals surface area contributed by atoms with Crippen LogP contribution < -0.4 is 4.90 Å². The van der Waals surface area contributed by atoms with Gasteiger partial charge in [-0.25, -0.2) is 14.4 Å². The number of anilines is 1. The average molecular weight is 448 g/mol. The predicted octanol–water partition coefficient (Wildman–Crippen LogP) is 6.05. The highest BCUT2D eigenvalue weighted by Crippen LogP contribution is 2.35. The Kier molecular flexibility index (Phi) is 7.33. The molecule has 0 saturated heterocycles. The Balaban J connectivity index is 1.64. The van der Waals surface area contributed by atoms with E-state index >= 15 is 0 Å². The number of aryl methyl sites for hydroxylation is 2. The first kappa shape index (κ1) is 22.9. The van der Waals surface area contributed by atoms with Gasteiger partial charge in [-0.15, -0.1) is 0 Å². The van der Waals surface area contributed by atoms with E-state index in [1.165, 1.54) is 6.07 Å². The van der Waals surface area contributed by atoms with Crippen LogP contribution in [0.2, 0.25) is 0 Å². The molecule has 0 unspecified atom stereocenters. The quantitative estimate of drug-likeness (QED) is 0.405. The minimum atomic E-state index is -0.732. The number of carboxylic acids is 1. The molecule has 33 heavy (non-hydrogen) atoms. The summed E-state index contributed by atoms with van der Waals surface area (Å²) in [5, 5.41) is 8.79. The molecule has 172 valence electrons. The fraction of sp³-hybridized carbons (Fsp3) is 0.370. The molecule has 2 heterocycles. The van der Waals surface area contributed by atoms with E-state index in [0.717, 1.165) is 74.3 Å². The van der Waals surface area contributed by atoms with E-state index in [1.54, 1.807) is 12.1 Å². The van der Waals surface area contributed by atoms with Crippen LogP contribution in [-0.4, -0.2) is 34.1 Å². The average Bonchev–Trinajstić information content (AvgIpc) is 2.81. The predicted molar refractivity (Wildman–Crippen MR) is 129 cm³/mol. The van der Waals surface area contributed by atoms with Crippen LogP contribution in [0.4, 0.5) is 10.2 Å². The molecular weight excluding hydrogens is 417 g/mol. The van der Waals surface area contributed by atoms with Gasteiger partial charge in [0.1, 0.15) is 5.82 Å². The van der Waals surface area contributed by atoms with Gasteiger partial charge in [0.15, 0.2) is 5.82 Å². The van der Waals surface area contributed by atoms with Gasteiger partial charge in [-0.2, -0.15) is 0 Å². The number of carboxylic acid groups (broad SMARTS) is 1. The number of nitrogens with zero attached hydrogens (tertiary/aromatic N) is 3. The maximum absolute atomic E-state index is 14.7. The van der Waals surface area contributed by atoms with Gasteiger partial charge in [0, 0.05) is 30.6 Å². The molecule has 1 N–H and O–H groups in total. The number of hydrogen-bond donors (Lipinski definition) is 1. The summed E-state index contributed by atoms with van der Waals surface area (Å²) in [5.41, 5.74) is 4.76. The number of aliphatic carboxylic acids is 1. The Morgan fingerprint density at radius 3 is 2.52 bits per heavy atom. The van der Waals surface area contributed by atoms with Gasteiger partial charge in [-0.05, 0) is 44.7 Å². The van der Waals surface area contributed by atoms with Crippen LogP contribution in [-0.2, 0) is 11.2 Å². The van der Waals surface area contributed by atoms with E-state index in [9.17, 15) is 9.18 Å². The van der Waals surface area contributed by atoms with Crippen LogP contribution in [0.15, 0.2) is 48.5 Å². The third-order valence-electron chi connectivity index (χ3n) is 6.11. The van der Waals surface area contributed by atoms with Crippen molar-refractivity contribution in [2.24, 2.45) is 0 Å². The minimum Gasteiger partial charge on any atom is -0.481 e. The van der Waals surface area contributed by atoms with E-state index in [4.69, 9.17) is 15.1 Å². The summed E-state index contributed by atoms with van der Waals surface area (Å²) in [4.78, 5) is 23.0. The second kappa shape index (κ2) is 10.6. The van der Waals surface area contributed by atoms with Crippen molar-refractivity contribution in [3.63, 3.8) is 0 Å². The van der Waals surface area contributed by atoms with Crippen molar-refractivity contribution in [2.75, 3.05) is 18.0 Å². The van der Waals surface area contributed by atoms with Gasteiger partial charge in [-0.3, -0.25) is 4.79 Å². The summed E-state index contributed by atoms with van der Waals surface area (Å²) >= 11 is 0. The maximum atomic E-state index is 14.7. The molecule has 0 amide bonds. The van der Waals surface area contributed by atoms with E-state index < -0.39 is 5.97 Å². The summed E-state index contributed by atoms with van der Waals surface area (Å²) in [6.45, 7) is 3.82. The molecule has 4 rings (SSSR count). The number of carbonyl (C=O) groups is 1. The van der Waals surface area contributed by atoms with Crippen molar-refractivity contribution in [1.82, 2.24) is 9.97 Å². The Bertz CT molecular complexity index is 1110. The van der Waals surface area contributed by atoms with Crippen LogP contribution in [0.5, 0.6) is 0 Å². The second-order valence-electron chi connectivity index (χ2n) is 8.69. The molecule has 0 aliphatic carbocycles. The number of benzene rings is 2. The highest BCUT2D eigenvalue weighted by Gasteiger charge is 2.24. The summed E-state index contributed by atoms with van der Waals surface area (Å²) in [7, 11) is 0. The van der Waals surface area contributed by atoms with Crippen molar-refractivity contribution in [3.05, 3.63) is 65.6 Å². The fourth-order valence-corrected chi connectivity index (χ4v) is 4.33. The molecule has 0 bridgehead atoms. The molecule has 2 aromatic carbocycles. The molecule has 0 fully saturated rings. The normalized spacial score (nSPS) is 13.1. The first-order valence-corrected chi connectivity index (χ1v) is 11.7. The SMILES string of the molecule is Cc1ccc(-c2nc3c(nc2-c2ccccc2F)CCCN3CCCCCCC(=O)O)cc1. The smallest absolute Gasteiger partial charge is 0.303 e. The molecule has 1 aromatic heterocycles. The summed E-state index contributed by atoms with van der Waals surface area (Å²) in [6.07, 6.45) is 5.65. The molecule has 5 nitrogen and oxygen atoms in total. The van der Waals surface area contributed by atoms with Crippen molar-refractivity contribution in [3.8, 4) is 22.5 Å². The number of hydrogen-bond acceptors (Lipinski definition) is 4.